The first-order valence-corrected chi connectivity index (χ1v) is 7.00. The van der Waals surface area contributed by atoms with E-state index in [4.69, 9.17) is 4.74 Å². The zero-order valence-electron chi connectivity index (χ0n) is 10.4. The van der Waals surface area contributed by atoms with Gasteiger partial charge in [0, 0.05) is 4.88 Å². The molecule has 0 fully saturated rings. The highest BCUT2D eigenvalue weighted by Crippen LogP contribution is 2.15. The van der Waals surface area contributed by atoms with Crippen LogP contribution in [-0.4, -0.2) is 9.78 Å². The molecule has 19 heavy (non-hydrogen) atoms. The minimum Gasteiger partial charge on any atom is -0.485 e. The van der Waals surface area contributed by atoms with Crippen LogP contribution in [0.5, 0.6) is 5.75 Å². The monoisotopic (exact) mass is 270 g/mol. The molecule has 0 aliphatic rings. The second kappa shape index (κ2) is 5.71. The largest absolute Gasteiger partial charge is 0.485 e. The normalized spacial score (nSPS) is 10.5. The Morgan fingerprint density at radius 1 is 1.11 bits per heavy atom. The van der Waals surface area contributed by atoms with Crippen molar-refractivity contribution in [3.8, 4) is 5.75 Å². The van der Waals surface area contributed by atoms with E-state index in [1.807, 2.05) is 35.1 Å². The Morgan fingerprint density at radius 2 is 2.00 bits per heavy atom. The van der Waals surface area contributed by atoms with Crippen LogP contribution in [0.25, 0.3) is 0 Å². The molecule has 3 aromatic rings. The van der Waals surface area contributed by atoms with Crippen LogP contribution in [0, 0.1) is 0 Å². The number of ether oxygens (including phenoxy) is 1. The van der Waals surface area contributed by atoms with Crippen LogP contribution < -0.4 is 4.74 Å². The first-order valence-electron chi connectivity index (χ1n) is 6.12. The molecule has 4 heteroatoms. The van der Waals surface area contributed by atoms with Gasteiger partial charge in [0.05, 0.1) is 18.9 Å². The van der Waals surface area contributed by atoms with Crippen LogP contribution in [0.1, 0.15) is 10.4 Å². The van der Waals surface area contributed by atoms with Crippen molar-refractivity contribution in [2.45, 2.75) is 13.2 Å². The van der Waals surface area contributed by atoms with E-state index in [2.05, 4.69) is 28.7 Å². The number of hydrogen-bond donors (Lipinski definition) is 0. The second-order valence-corrected chi connectivity index (χ2v) is 5.26. The lowest BCUT2D eigenvalue weighted by atomic mass is 10.2. The molecule has 0 amide bonds. The van der Waals surface area contributed by atoms with Crippen molar-refractivity contribution >= 4 is 11.3 Å². The Morgan fingerprint density at radius 3 is 2.79 bits per heavy atom. The minimum absolute atomic E-state index is 0.606. The zero-order chi connectivity index (χ0) is 12.9. The van der Waals surface area contributed by atoms with Gasteiger partial charge in [0.25, 0.3) is 0 Å². The molecule has 2 aromatic heterocycles. The first kappa shape index (κ1) is 12.0. The van der Waals surface area contributed by atoms with Crippen molar-refractivity contribution in [3.63, 3.8) is 0 Å². The van der Waals surface area contributed by atoms with Crippen molar-refractivity contribution in [2.75, 3.05) is 0 Å². The summed E-state index contributed by atoms with van der Waals surface area (Å²) in [6.45, 7) is 1.37. The summed E-state index contributed by atoms with van der Waals surface area (Å²) in [5.74, 6) is 0.810. The maximum absolute atomic E-state index is 5.70. The lowest BCUT2D eigenvalue weighted by molar-refractivity contribution is 0.309. The van der Waals surface area contributed by atoms with E-state index < -0.39 is 0 Å². The number of nitrogens with zero attached hydrogens (tertiary/aromatic N) is 2. The van der Waals surface area contributed by atoms with Gasteiger partial charge in [-0.05, 0) is 17.0 Å². The molecule has 0 aliphatic carbocycles. The standard InChI is InChI=1S/C15H14N2OS/c1-2-5-13(6-3-1)10-17-11-14(9-16-17)18-12-15-7-4-8-19-15/h1-9,11H,10,12H2. The summed E-state index contributed by atoms with van der Waals surface area (Å²) >= 11 is 1.70. The molecule has 0 atom stereocenters. The highest BCUT2D eigenvalue weighted by molar-refractivity contribution is 7.09. The molecule has 0 bridgehead atoms. The SMILES string of the molecule is c1ccc(Cn2cc(OCc3cccs3)cn2)cc1. The van der Waals surface area contributed by atoms with Gasteiger partial charge < -0.3 is 4.74 Å². The number of benzene rings is 1. The molecule has 3 rings (SSSR count). The number of thiophene rings is 1. The third-order valence-corrected chi connectivity index (χ3v) is 3.61. The molecule has 0 spiro atoms. The Labute approximate surface area is 116 Å². The third-order valence-electron chi connectivity index (χ3n) is 2.76. The van der Waals surface area contributed by atoms with E-state index >= 15 is 0 Å². The lowest BCUT2D eigenvalue weighted by Crippen LogP contribution is -1.99. The van der Waals surface area contributed by atoms with Crippen LogP contribution in [0.15, 0.2) is 60.2 Å². The Balaban J connectivity index is 1.60. The van der Waals surface area contributed by atoms with Gasteiger partial charge in [0.15, 0.2) is 5.75 Å². The van der Waals surface area contributed by atoms with E-state index in [1.165, 1.54) is 10.4 Å². The van der Waals surface area contributed by atoms with Gasteiger partial charge in [-0.3, -0.25) is 4.68 Å². The molecule has 1 aromatic carbocycles. The first-order chi connectivity index (χ1) is 9.40. The van der Waals surface area contributed by atoms with Crippen LogP contribution in [-0.2, 0) is 13.2 Å². The predicted molar refractivity (Wildman–Crippen MR) is 76.4 cm³/mol. The average Bonchev–Trinajstić information content (AvgIpc) is 3.09. The average molecular weight is 270 g/mol. The van der Waals surface area contributed by atoms with E-state index in [0.29, 0.717) is 6.61 Å². The number of hydrogen-bond acceptors (Lipinski definition) is 3. The van der Waals surface area contributed by atoms with E-state index in [0.717, 1.165) is 12.3 Å². The smallest absolute Gasteiger partial charge is 0.157 e. The molecule has 0 radical (unpaired) electrons. The summed E-state index contributed by atoms with van der Waals surface area (Å²) in [6.07, 6.45) is 3.69. The molecule has 3 nitrogen and oxygen atoms in total. The summed E-state index contributed by atoms with van der Waals surface area (Å²) in [4.78, 5) is 1.22. The van der Waals surface area contributed by atoms with Crippen molar-refractivity contribution in [1.29, 1.82) is 0 Å². The zero-order valence-corrected chi connectivity index (χ0v) is 11.2. The minimum atomic E-state index is 0.606. The third kappa shape index (κ3) is 3.23. The van der Waals surface area contributed by atoms with Crippen LogP contribution in [0.4, 0.5) is 0 Å². The number of rotatable bonds is 5. The van der Waals surface area contributed by atoms with Crippen LogP contribution in [0.2, 0.25) is 0 Å². The Kier molecular flexibility index (Phi) is 3.61. The summed E-state index contributed by atoms with van der Waals surface area (Å²) in [7, 11) is 0. The van der Waals surface area contributed by atoms with Crippen LogP contribution >= 0.6 is 11.3 Å². The Bertz CT molecular complexity index is 617. The molecule has 0 N–H and O–H groups in total. The molecule has 0 aliphatic heterocycles. The maximum atomic E-state index is 5.70. The van der Waals surface area contributed by atoms with Gasteiger partial charge in [0.2, 0.25) is 0 Å². The lowest BCUT2D eigenvalue weighted by Gasteiger charge is -2.01. The summed E-state index contributed by atoms with van der Waals surface area (Å²) < 4.78 is 7.58. The summed E-state index contributed by atoms with van der Waals surface area (Å²) in [6, 6.07) is 14.4. The van der Waals surface area contributed by atoms with Gasteiger partial charge in [-0.25, -0.2) is 0 Å². The fourth-order valence-corrected chi connectivity index (χ4v) is 2.44. The fourth-order valence-electron chi connectivity index (χ4n) is 1.83. The highest BCUT2D eigenvalue weighted by atomic mass is 32.1. The van der Waals surface area contributed by atoms with Gasteiger partial charge in [-0.1, -0.05) is 36.4 Å². The quantitative estimate of drug-likeness (QED) is 0.708. The molecule has 2 heterocycles. The molecule has 0 saturated heterocycles. The fraction of sp³-hybridized carbons (Fsp3) is 0.133. The molecular weight excluding hydrogens is 256 g/mol. The highest BCUT2D eigenvalue weighted by Gasteiger charge is 2.01. The van der Waals surface area contributed by atoms with Crippen molar-refractivity contribution in [3.05, 3.63) is 70.7 Å². The predicted octanol–water partition coefficient (Wildman–Crippen LogP) is 3.57. The topological polar surface area (TPSA) is 27.1 Å². The molecule has 0 saturated carbocycles. The van der Waals surface area contributed by atoms with Crippen molar-refractivity contribution in [2.24, 2.45) is 0 Å². The van der Waals surface area contributed by atoms with Crippen molar-refractivity contribution < 1.29 is 4.74 Å². The molecular formula is C15H14N2OS. The van der Waals surface area contributed by atoms with E-state index in [1.54, 1.807) is 17.5 Å². The van der Waals surface area contributed by atoms with Gasteiger partial charge in [-0.2, -0.15) is 5.10 Å². The Hall–Kier alpha value is -2.07. The maximum Gasteiger partial charge on any atom is 0.157 e. The van der Waals surface area contributed by atoms with E-state index in [9.17, 15) is 0 Å². The van der Waals surface area contributed by atoms with E-state index in [-0.39, 0.29) is 0 Å². The summed E-state index contributed by atoms with van der Waals surface area (Å²) in [5.41, 5.74) is 1.23. The van der Waals surface area contributed by atoms with Gasteiger partial charge >= 0.3 is 0 Å². The molecule has 0 unspecified atom stereocenters. The van der Waals surface area contributed by atoms with Gasteiger partial charge in [0.1, 0.15) is 6.61 Å². The number of aromatic nitrogens is 2. The second-order valence-electron chi connectivity index (χ2n) is 4.23. The van der Waals surface area contributed by atoms with Crippen molar-refractivity contribution in [1.82, 2.24) is 9.78 Å². The van der Waals surface area contributed by atoms with Gasteiger partial charge in [-0.15, -0.1) is 11.3 Å². The molecule has 96 valence electrons. The van der Waals surface area contributed by atoms with Crippen LogP contribution in [0.3, 0.4) is 0 Å². The summed E-state index contributed by atoms with van der Waals surface area (Å²) in [5, 5.41) is 6.36.